The van der Waals surface area contributed by atoms with E-state index in [0.717, 1.165) is 29.8 Å². The molecule has 0 bridgehead atoms. The SMILES string of the molecule is CCCC(C1CCCCC1)N(CCO)C(=O)CCCOc1ccc2c(c1)CN1CC(=O)NC1=N2. The number of carbonyl (C=O) groups excluding carboxylic acids is 2. The van der Waals surface area contributed by atoms with Crippen molar-refractivity contribution in [2.45, 2.75) is 77.3 Å². The Kier molecular flexibility index (Phi) is 8.43. The van der Waals surface area contributed by atoms with Crippen LogP contribution in [-0.2, 0) is 16.1 Å². The molecular formula is C26H38N4O4. The highest BCUT2D eigenvalue weighted by atomic mass is 16.5. The number of nitrogens with one attached hydrogen (secondary N) is 1. The van der Waals surface area contributed by atoms with Crippen molar-refractivity contribution in [1.82, 2.24) is 15.1 Å². The molecule has 1 unspecified atom stereocenters. The molecule has 1 atom stereocenters. The first-order chi connectivity index (χ1) is 16.6. The van der Waals surface area contributed by atoms with Crippen LogP contribution < -0.4 is 10.1 Å². The van der Waals surface area contributed by atoms with Gasteiger partial charge in [-0.15, -0.1) is 0 Å². The third-order valence-electron chi connectivity index (χ3n) is 7.17. The Morgan fingerprint density at radius 3 is 2.88 bits per heavy atom. The second-order valence-electron chi connectivity index (χ2n) is 9.65. The average molecular weight is 471 g/mol. The maximum absolute atomic E-state index is 13.1. The summed E-state index contributed by atoms with van der Waals surface area (Å²) in [7, 11) is 0. The molecule has 2 fully saturated rings. The molecule has 1 aromatic rings. The fraction of sp³-hybridized carbons (Fsp3) is 0.654. The van der Waals surface area contributed by atoms with Gasteiger partial charge in [0.05, 0.1) is 18.9 Å². The molecule has 8 heteroatoms. The van der Waals surface area contributed by atoms with Crippen LogP contribution in [0.4, 0.5) is 5.69 Å². The molecule has 0 aromatic heterocycles. The van der Waals surface area contributed by atoms with E-state index >= 15 is 0 Å². The van der Waals surface area contributed by atoms with Gasteiger partial charge in [0.25, 0.3) is 0 Å². The number of guanidine groups is 1. The zero-order valence-corrected chi connectivity index (χ0v) is 20.3. The van der Waals surface area contributed by atoms with Crippen LogP contribution in [0.1, 0.15) is 70.3 Å². The maximum Gasteiger partial charge on any atom is 0.246 e. The highest BCUT2D eigenvalue weighted by Gasteiger charge is 2.31. The number of benzene rings is 1. The first kappa shape index (κ1) is 24.5. The third-order valence-corrected chi connectivity index (χ3v) is 7.17. The number of nitrogens with zero attached hydrogens (tertiary/aromatic N) is 3. The lowest BCUT2D eigenvalue weighted by molar-refractivity contribution is -0.136. The first-order valence-corrected chi connectivity index (χ1v) is 12.9. The molecule has 4 rings (SSSR count). The minimum Gasteiger partial charge on any atom is -0.494 e. The molecule has 0 radical (unpaired) electrons. The minimum atomic E-state index is -0.0346. The summed E-state index contributed by atoms with van der Waals surface area (Å²) in [4.78, 5) is 33.1. The van der Waals surface area contributed by atoms with E-state index in [1.165, 1.54) is 32.1 Å². The number of fused-ring (bicyclic) bond motifs is 2. The lowest BCUT2D eigenvalue weighted by atomic mass is 9.81. The average Bonchev–Trinajstić information content (AvgIpc) is 3.21. The summed E-state index contributed by atoms with van der Waals surface area (Å²) in [6, 6.07) is 6.00. The van der Waals surface area contributed by atoms with E-state index in [2.05, 4.69) is 17.2 Å². The minimum absolute atomic E-state index is 0.00658. The number of ether oxygens (including phenoxy) is 1. The molecule has 1 aliphatic carbocycles. The predicted molar refractivity (Wildman–Crippen MR) is 131 cm³/mol. The smallest absolute Gasteiger partial charge is 0.246 e. The van der Waals surface area contributed by atoms with Crippen molar-refractivity contribution in [3.63, 3.8) is 0 Å². The van der Waals surface area contributed by atoms with Crippen LogP contribution in [-0.4, -0.2) is 65.0 Å². The quantitative estimate of drug-likeness (QED) is 0.484. The summed E-state index contributed by atoms with van der Waals surface area (Å²) >= 11 is 0. The molecule has 2 N–H and O–H groups in total. The lowest BCUT2D eigenvalue weighted by Gasteiger charge is -2.39. The van der Waals surface area contributed by atoms with Gasteiger partial charge in [0.1, 0.15) is 12.3 Å². The number of carbonyl (C=O) groups is 2. The Balaban J connectivity index is 1.29. The topological polar surface area (TPSA) is 94.5 Å². The molecule has 2 amide bonds. The Morgan fingerprint density at radius 2 is 2.12 bits per heavy atom. The van der Waals surface area contributed by atoms with Crippen LogP contribution in [0, 0.1) is 5.92 Å². The van der Waals surface area contributed by atoms with E-state index in [1.54, 1.807) is 0 Å². The second kappa shape index (κ2) is 11.7. The zero-order valence-electron chi connectivity index (χ0n) is 20.3. The van der Waals surface area contributed by atoms with Gasteiger partial charge in [-0.3, -0.25) is 14.9 Å². The summed E-state index contributed by atoms with van der Waals surface area (Å²) < 4.78 is 5.95. The standard InChI is InChI=1S/C26H38N4O4/c1-2-7-23(19-8-4-3-5-9-19)30(13-14-31)25(33)10-6-15-34-21-11-12-22-20(16-21)17-29-18-24(32)28-26(29)27-22/h11-12,16,19,23,31H,2-10,13-15,17-18H2,1H3,(H,27,28,32). The van der Waals surface area contributed by atoms with E-state index in [9.17, 15) is 14.7 Å². The Labute approximate surface area is 202 Å². The largest absolute Gasteiger partial charge is 0.494 e. The molecular weight excluding hydrogens is 432 g/mol. The first-order valence-electron chi connectivity index (χ1n) is 12.9. The van der Waals surface area contributed by atoms with Gasteiger partial charge in [0.15, 0.2) is 0 Å². The van der Waals surface area contributed by atoms with Gasteiger partial charge in [-0.1, -0.05) is 32.6 Å². The summed E-state index contributed by atoms with van der Waals surface area (Å²) in [6.07, 6.45) is 9.28. The fourth-order valence-corrected chi connectivity index (χ4v) is 5.53. The molecule has 1 saturated heterocycles. The van der Waals surface area contributed by atoms with Crippen molar-refractivity contribution >= 4 is 23.5 Å². The number of aliphatic imine (C=N–C) groups is 1. The maximum atomic E-state index is 13.1. The van der Waals surface area contributed by atoms with Crippen LogP contribution in [0.25, 0.3) is 0 Å². The summed E-state index contributed by atoms with van der Waals surface area (Å²) in [5, 5.41) is 12.4. The van der Waals surface area contributed by atoms with Crippen molar-refractivity contribution < 1.29 is 19.4 Å². The van der Waals surface area contributed by atoms with E-state index < -0.39 is 0 Å². The van der Waals surface area contributed by atoms with E-state index in [0.29, 0.717) is 51.0 Å². The molecule has 3 aliphatic rings. The van der Waals surface area contributed by atoms with Gasteiger partial charge in [-0.25, -0.2) is 4.99 Å². The summed E-state index contributed by atoms with van der Waals surface area (Å²) in [5.41, 5.74) is 1.87. The van der Waals surface area contributed by atoms with Crippen LogP contribution >= 0.6 is 0 Å². The van der Waals surface area contributed by atoms with Gasteiger partial charge in [0.2, 0.25) is 17.8 Å². The molecule has 0 spiro atoms. The van der Waals surface area contributed by atoms with Gasteiger partial charge in [-0.2, -0.15) is 0 Å². The van der Waals surface area contributed by atoms with Gasteiger partial charge >= 0.3 is 0 Å². The molecule has 2 aliphatic heterocycles. The normalized spacial score (nSPS) is 18.6. The molecule has 2 heterocycles. The molecule has 8 nitrogen and oxygen atoms in total. The van der Waals surface area contributed by atoms with Crippen LogP contribution in [0.15, 0.2) is 23.2 Å². The molecule has 1 saturated carbocycles. The molecule has 186 valence electrons. The number of aliphatic hydroxyl groups is 1. The summed E-state index contributed by atoms with van der Waals surface area (Å²) in [5.74, 6) is 2.02. The number of hydrogen-bond acceptors (Lipinski definition) is 6. The number of hydrogen-bond donors (Lipinski definition) is 2. The lowest BCUT2D eigenvalue weighted by Crippen LogP contribution is -2.46. The van der Waals surface area contributed by atoms with Crippen molar-refractivity contribution in [3.05, 3.63) is 23.8 Å². The van der Waals surface area contributed by atoms with E-state index in [-0.39, 0.29) is 24.5 Å². The Hall–Kier alpha value is -2.61. The Morgan fingerprint density at radius 1 is 1.29 bits per heavy atom. The van der Waals surface area contributed by atoms with E-state index in [1.807, 2.05) is 28.0 Å². The van der Waals surface area contributed by atoms with E-state index in [4.69, 9.17) is 4.74 Å². The van der Waals surface area contributed by atoms with Crippen LogP contribution in [0.5, 0.6) is 5.75 Å². The van der Waals surface area contributed by atoms with Crippen molar-refractivity contribution in [2.24, 2.45) is 10.9 Å². The number of amides is 2. The predicted octanol–water partition coefficient (Wildman–Crippen LogP) is 3.35. The monoisotopic (exact) mass is 470 g/mol. The van der Waals surface area contributed by atoms with Crippen molar-refractivity contribution in [1.29, 1.82) is 0 Å². The molecule has 34 heavy (non-hydrogen) atoms. The highest BCUT2D eigenvalue weighted by Crippen LogP contribution is 2.32. The van der Waals surface area contributed by atoms with Crippen LogP contribution in [0.2, 0.25) is 0 Å². The van der Waals surface area contributed by atoms with Crippen molar-refractivity contribution in [3.8, 4) is 5.75 Å². The Bertz CT molecular complexity index is 897. The summed E-state index contributed by atoms with van der Waals surface area (Å²) in [6.45, 7) is 4.01. The third kappa shape index (κ3) is 5.90. The van der Waals surface area contributed by atoms with Gasteiger partial charge in [-0.05, 0) is 49.8 Å². The second-order valence-corrected chi connectivity index (χ2v) is 9.65. The fourth-order valence-electron chi connectivity index (χ4n) is 5.53. The van der Waals surface area contributed by atoms with Gasteiger partial charge in [0, 0.05) is 31.1 Å². The van der Waals surface area contributed by atoms with Crippen molar-refractivity contribution in [2.75, 3.05) is 26.3 Å². The van der Waals surface area contributed by atoms with Gasteiger partial charge < -0.3 is 19.6 Å². The molecule has 1 aromatic carbocycles. The highest BCUT2D eigenvalue weighted by molar-refractivity contribution is 6.05. The number of rotatable bonds is 11. The number of aliphatic hydroxyl groups excluding tert-OH is 1. The zero-order chi connectivity index (χ0) is 23.9. The van der Waals surface area contributed by atoms with Crippen LogP contribution in [0.3, 0.4) is 0 Å².